The van der Waals surface area contributed by atoms with Crippen molar-refractivity contribution in [1.29, 1.82) is 0 Å². The quantitative estimate of drug-likeness (QED) is 0.0479. The molecule has 0 bridgehead atoms. The van der Waals surface area contributed by atoms with E-state index >= 15 is 0 Å². The van der Waals surface area contributed by atoms with Crippen LogP contribution in [0, 0.1) is 0 Å². The van der Waals surface area contributed by atoms with E-state index < -0.39 is 0 Å². The van der Waals surface area contributed by atoms with Gasteiger partial charge in [0.15, 0.2) is 0 Å². The normalized spacial score (nSPS) is 11.9. The molecule has 271 valence electrons. The van der Waals surface area contributed by atoms with E-state index in [1.807, 2.05) is 0 Å². The zero-order valence-electron chi connectivity index (χ0n) is 32.8. The topological polar surface area (TPSA) is 0 Å². The number of benzene rings is 6. The van der Waals surface area contributed by atoms with Crippen molar-refractivity contribution in [2.24, 2.45) is 0 Å². The van der Waals surface area contributed by atoms with E-state index in [0.717, 1.165) is 12.8 Å². The molecule has 0 heterocycles. The Balaban J connectivity index is 0.000000262. The summed E-state index contributed by atoms with van der Waals surface area (Å²) in [4.78, 5) is 0. The number of unbranched alkanes of at least 4 members (excludes halogenated alkanes) is 4. The summed E-state index contributed by atoms with van der Waals surface area (Å²) in [5, 5.41) is 7.70. The molecule has 0 aromatic heterocycles. The smallest absolute Gasteiger partial charge is 0.0786 e. The van der Waals surface area contributed by atoms with Crippen LogP contribution in [0.25, 0.3) is 32.3 Å². The minimum atomic E-state index is -0.359. The van der Waals surface area contributed by atoms with E-state index in [9.17, 15) is 0 Å². The van der Waals surface area contributed by atoms with Gasteiger partial charge in [0.25, 0.3) is 0 Å². The lowest BCUT2D eigenvalue weighted by Crippen LogP contribution is -2.50. The maximum absolute atomic E-state index is 6.21. The molecule has 0 saturated carbocycles. The van der Waals surface area contributed by atoms with Crippen LogP contribution >= 0.6 is 0 Å². The molecule has 0 saturated heterocycles. The number of fused-ring (bicyclic) bond motifs is 3. The number of nitrogens with zero attached hydrogens (tertiary/aromatic N) is 1. The molecule has 6 aromatic rings. The second kappa shape index (κ2) is 19.8. The minimum absolute atomic E-state index is 0.359. The molecule has 0 aliphatic heterocycles. The zero-order valence-corrected chi connectivity index (χ0v) is 32.8. The second-order valence-corrected chi connectivity index (χ2v) is 15.0. The van der Waals surface area contributed by atoms with Crippen LogP contribution in [0.15, 0.2) is 127 Å². The van der Waals surface area contributed by atoms with Gasteiger partial charge in [-0.2, -0.15) is 0 Å². The highest BCUT2D eigenvalue weighted by Gasteiger charge is 2.39. The van der Waals surface area contributed by atoms with Gasteiger partial charge in [0.2, 0.25) is 0 Å². The van der Waals surface area contributed by atoms with Crippen molar-refractivity contribution in [3.8, 4) is 0 Å². The SMILES string of the molecule is CCCC[N+](CCCC)(CCCC)CCCC.[B-]CCCC(c1cccc2ccccc12)(c1cccc2ccccc12)c1cccc2ccccc12. The molecule has 0 N–H and O–H groups in total. The van der Waals surface area contributed by atoms with Gasteiger partial charge in [0.05, 0.1) is 26.2 Å². The number of hydrogen-bond donors (Lipinski definition) is 0. The Morgan fingerprint density at radius 2 is 0.712 bits per heavy atom. The first kappa shape index (κ1) is 39.3. The first-order valence-corrected chi connectivity index (χ1v) is 20.6. The number of quaternary nitrogens is 1. The van der Waals surface area contributed by atoms with E-state index in [4.69, 9.17) is 7.85 Å². The summed E-state index contributed by atoms with van der Waals surface area (Å²) in [6.07, 6.45) is 13.6. The van der Waals surface area contributed by atoms with Crippen molar-refractivity contribution in [2.75, 3.05) is 26.2 Å². The lowest BCUT2D eigenvalue weighted by atomic mass is 9.63. The van der Waals surface area contributed by atoms with E-state index in [-0.39, 0.29) is 5.41 Å². The van der Waals surface area contributed by atoms with Gasteiger partial charge in [-0.3, -0.25) is 6.32 Å². The van der Waals surface area contributed by atoms with Gasteiger partial charge < -0.3 is 12.3 Å². The summed E-state index contributed by atoms with van der Waals surface area (Å²) in [7, 11) is 6.21. The Kier molecular flexibility index (Phi) is 15.0. The maximum atomic E-state index is 6.21. The largest absolute Gasteiger partial charge is 0.626 e. The van der Waals surface area contributed by atoms with Gasteiger partial charge in [0, 0.05) is 5.41 Å². The molecule has 6 aromatic carbocycles. The Labute approximate surface area is 317 Å². The monoisotopic (exact) mass is 689 g/mol. The Morgan fingerprint density at radius 3 is 1.02 bits per heavy atom. The summed E-state index contributed by atoms with van der Waals surface area (Å²) in [6.45, 7) is 15.0. The average Bonchev–Trinajstić information content (AvgIpc) is 3.21. The molecular formula is C50H63BN. The molecule has 3 radical (unpaired) electrons. The van der Waals surface area contributed by atoms with Crippen molar-refractivity contribution in [3.63, 3.8) is 0 Å². The molecule has 0 spiro atoms. The van der Waals surface area contributed by atoms with Gasteiger partial charge in [-0.1, -0.05) is 187 Å². The third-order valence-electron chi connectivity index (χ3n) is 11.4. The van der Waals surface area contributed by atoms with Crippen molar-refractivity contribution in [1.82, 2.24) is 0 Å². The van der Waals surface area contributed by atoms with E-state index in [2.05, 4.69) is 155 Å². The highest BCUT2D eigenvalue weighted by Crippen LogP contribution is 2.50. The molecule has 2 heteroatoms. The lowest BCUT2D eigenvalue weighted by molar-refractivity contribution is -0.929. The third kappa shape index (κ3) is 9.01. The highest BCUT2D eigenvalue weighted by molar-refractivity contribution is 6.08. The zero-order chi connectivity index (χ0) is 36.7. The molecule has 0 aliphatic carbocycles. The molecule has 1 nitrogen and oxygen atoms in total. The van der Waals surface area contributed by atoms with Gasteiger partial charge in [0.1, 0.15) is 0 Å². The fraction of sp³-hybridized carbons (Fsp3) is 0.400. The molecule has 0 fully saturated rings. The lowest BCUT2D eigenvalue weighted by Gasteiger charge is -2.39. The predicted molar refractivity (Wildman–Crippen MR) is 231 cm³/mol. The summed E-state index contributed by atoms with van der Waals surface area (Å²) in [5.41, 5.74) is 3.67. The minimum Gasteiger partial charge on any atom is -0.626 e. The fourth-order valence-electron chi connectivity index (χ4n) is 8.64. The molecule has 6 rings (SSSR count). The summed E-state index contributed by atoms with van der Waals surface area (Å²) in [6, 6.07) is 46.7. The summed E-state index contributed by atoms with van der Waals surface area (Å²) in [5.74, 6) is 0. The van der Waals surface area contributed by atoms with Crippen LogP contribution in [0.1, 0.15) is 109 Å². The van der Waals surface area contributed by atoms with Crippen LogP contribution in [0.5, 0.6) is 0 Å². The van der Waals surface area contributed by atoms with Crippen LogP contribution < -0.4 is 0 Å². The fourth-order valence-corrected chi connectivity index (χ4v) is 8.64. The molecular weight excluding hydrogens is 625 g/mol. The third-order valence-corrected chi connectivity index (χ3v) is 11.4. The second-order valence-electron chi connectivity index (χ2n) is 15.0. The first-order valence-electron chi connectivity index (χ1n) is 20.6. The Morgan fingerprint density at radius 1 is 0.404 bits per heavy atom. The summed E-state index contributed by atoms with van der Waals surface area (Å²) >= 11 is 0. The summed E-state index contributed by atoms with van der Waals surface area (Å²) < 4.78 is 1.42. The van der Waals surface area contributed by atoms with Crippen LogP contribution in [0.3, 0.4) is 0 Å². The maximum Gasteiger partial charge on any atom is 0.0786 e. The molecule has 52 heavy (non-hydrogen) atoms. The number of rotatable bonds is 18. The molecule has 0 atom stereocenters. The predicted octanol–water partition coefficient (Wildman–Crippen LogP) is 13.9. The molecule has 0 amide bonds. The van der Waals surface area contributed by atoms with Crippen molar-refractivity contribution < 1.29 is 4.48 Å². The van der Waals surface area contributed by atoms with E-state index in [0.29, 0.717) is 6.32 Å². The Hall–Kier alpha value is -3.88. The Bertz CT molecular complexity index is 1710. The van der Waals surface area contributed by atoms with Crippen molar-refractivity contribution in [3.05, 3.63) is 144 Å². The van der Waals surface area contributed by atoms with Gasteiger partial charge >= 0.3 is 0 Å². The molecule has 0 unspecified atom stereocenters. The number of hydrogen-bond acceptors (Lipinski definition) is 0. The van der Waals surface area contributed by atoms with Gasteiger partial charge in [-0.15, -0.1) is 0 Å². The van der Waals surface area contributed by atoms with Crippen molar-refractivity contribution >= 4 is 40.2 Å². The van der Waals surface area contributed by atoms with Crippen LogP contribution in [-0.2, 0) is 5.41 Å². The van der Waals surface area contributed by atoms with E-state index in [1.165, 1.54) is 131 Å². The first-order chi connectivity index (χ1) is 25.6. The van der Waals surface area contributed by atoms with Crippen LogP contribution in [-0.4, -0.2) is 38.5 Å². The van der Waals surface area contributed by atoms with Gasteiger partial charge in [-0.05, 0) is 81.1 Å². The highest BCUT2D eigenvalue weighted by atomic mass is 15.3. The van der Waals surface area contributed by atoms with Crippen molar-refractivity contribution in [2.45, 2.75) is 104 Å². The standard InChI is InChI=1S/C34H27B.C16H36N/c35-24-10-23-34(31-20-7-14-25-11-1-4-17-28(25)31,32-21-8-15-26-12-2-5-18-29(26)32)33-22-9-16-27-13-3-6-19-30(27)33;1-5-9-13-17(14-10-6-2,15-11-7-3)16-12-8-4/h1-9,11-22H,10,23-24H2;5-16H2,1-4H3/q-1;+1. The molecule has 0 aliphatic rings. The van der Waals surface area contributed by atoms with Crippen LogP contribution in [0.4, 0.5) is 0 Å². The van der Waals surface area contributed by atoms with Gasteiger partial charge in [-0.25, -0.2) is 0 Å². The van der Waals surface area contributed by atoms with Crippen LogP contribution in [0.2, 0.25) is 6.32 Å². The van der Waals surface area contributed by atoms with E-state index in [1.54, 1.807) is 0 Å². The average molecular weight is 689 g/mol.